The molecule has 1 aliphatic heterocycles. The highest BCUT2D eigenvalue weighted by Gasteiger charge is 2.34. The molecule has 12 heteroatoms. The second-order valence-corrected chi connectivity index (χ2v) is 8.70. The molecule has 0 saturated carbocycles. The van der Waals surface area contributed by atoms with E-state index in [9.17, 15) is 19.2 Å². The van der Waals surface area contributed by atoms with E-state index in [1.807, 2.05) is 0 Å². The summed E-state index contributed by atoms with van der Waals surface area (Å²) in [7, 11) is 4.30. The predicted molar refractivity (Wildman–Crippen MR) is 136 cm³/mol. The fourth-order valence-corrected chi connectivity index (χ4v) is 4.32. The van der Waals surface area contributed by atoms with E-state index >= 15 is 0 Å². The van der Waals surface area contributed by atoms with Gasteiger partial charge in [-0.1, -0.05) is 29.8 Å². The van der Waals surface area contributed by atoms with Crippen molar-refractivity contribution in [3.05, 3.63) is 57.5 Å². The van der Waals surface area contributed by atoms with Crippen LogP contribution in [0.5, 0.6) is 17.2 Å². The van der Waals surface area contributed by atoms with Gasteiger partial charge in [0, 0.05) is 23.7 Å². The van der Waals surface area contributed by atoms with Crippen molar-refractivity contribution in [3.63, 3.8) is 0 Å². The second-order valence-electron chi connectivity index (χ2n) is 7.30. The minimum Gasteiger partial charge on any atom is -0.493 e. The maximum atomic E-state index is 12.6. The van der Waals surface area contributed by atoms with Crippen LogP contribution in [0.1, 0.15) is 15.9 Å². The normalized spacial score (nSPS) is 14.1. The highest BCUT2D eigenvalue weighted by Crippen LogP contribution is 2.38. The van der Waals surface area contributed by atoms with Crippen LogP contribution in [-0.2, 0) is 9.59 Å². The Labute approximate surface area is 216 Å². The van der Waals surface area contributed by atoms with Gasteiger partial charge in [0.15, 0.2) is 11.5 Å². The lowest BCUT2D eigenvalue weighted by Crippen LogP contribution is -2.41. The van der Waals surface area contributed by atoms with Gasteiger partial charge in [-0.25, -0.2) is 0 Å². The van der Waals surface area contributed by atoms with Gasteiger partial charge < -0.3 is 24.8 Å². The lowest BCUT2D eigenvalue weighted by Gasteiger charge is -2.14. The Hall–Kier alpha value is -3.70. The van der Waals surface area contributed by atoms with Crippen molar-refractivity contribution in [2.45, 2.75) is 0 Å². The number of ether oxygens (including phenoxy) is 3. The number of hydrogen-bond donors (Lipinski definition) is 2. The quantitative estimate of drug-likeness (QED) is 0.447. The summed E-state index contributed by atoms with van der Waals surface area (Å²) in [5.41, 5.74) is 0.834. The van der Waals surface area contributed by atoms with Crippen LogP contribution < -0.4 is 24.8 Å². The van der Waals surface area contributed by atoms with Gasteiger partial charge in [0.25, 0.3) is 17.1 Å². The number of hydrogen-bond acceptors (Lipinski definition) is 8. The lowest BCUT2D eigenvalue weighted by atomic mass is 10.1. The fourth-order valence-electron chi connectivity index (χ4n) is 3.27. The van der Waals surface area contributed by atoms with Crippen LogP contribution in [0, 0.1) is 0 Å². The minimum atomic E-state index is -0.528. The van der Waals surface area contributed by atoms with Crippen molar-refractivity contribution in [1.82, 2.24) is 15.5 Å². The van der Waals surface area contributed by atoms with E-state index < -0.39 is 23.0 Å². The third kappa shape index (κ3) is 6.29. The molecule has 190 valence electrons. The predicted octanol–water partition coefficient (Wildman–Crippen LogP) is 2.95. The summed E-state index contributed by atoms with van der Waals surface area (Å²) in [5.74, 6) is -0.549. The average molecular weight is 534 g/mol. The Morgan fingerprint density at radius 1 is 1.03 bits per heavy atom. The van der Waals surface area contributed by atoms with E-state index in [4.69, 9.17) is 25.8 Å². The van der Waals surface area contributed by atoms with Gasteiger partial charge in [-0.15, -0.1) is 0 Å². The van der Waals surface area contributed by atoms with Crippen molar-refractivity contribution in [1.29, 1.82) is 0 Å². The molecule has 0 atom stereocenters. The minimum absolute atomic E-state index is 0.0168. The molecule has 36 heavy (non-hydrogen) atoms. The average Bonchev–Trinajstić information content (AvgIpc) is 3.14. The number of thioether (sulfide) groups is 1. The number of nitrogens with one attached hydrogen (secondary N) is 2. The molecule has 2 aromatic carbocycles. The summed E-state index contributed by atoms with van der Waals surface area (Å²) >= 11 is 6.92. The van der Waals surface area contributed by atoms with Crippen molar-refractivity contribution in [2.75, 3.05) is 41.0 Å². The third-order valence-corrected chi connectivity index (χ3v) is 6.31. The molecule has 0 aliphatic carbocycles. The molecule has 0 radical (unpaired) electrons. The number of carbonyl (C=O) groups excluding carboxylic acids is 4. The Kier molecular flexibility index (Phi) is 9.20. The molecule has 1 heterocycles. The first-order valence-corrected chi connectivity index (χ1v) is 11.8. The molecule has 2 aromatic rings. The topological polar surface area (TPSA) is 123 Å². The Morgan fingerprint density at radius 3 is 2.31 bits per heavy atom. The van der Waals surface area contributed by atoms with E-state index in [-0.39, 0.29) is 30.1 Å². The number of carbonyl (C=O) groups is 4. The highest BCUT2D eigenvalue weighted by molar-refractivity contribution is 8.18. The molecule has 0 spiro atoms. The van der Waals surface area contributed by atoms with Crippen molar-refractivity contribution >= 4 is 52.4 Å². The summed E-state index contributed by atoms with van der Waals surface area (Å²) in [6.07, 6.45) is 1.56. The molecule has 3 rings (SSSR count). The fraction of sp³-hybridized carbons (Fsp3) is 0.250. The summed E-state index contributed by atoms with van der Waals surface area (Å²) in [6, 6.07) is 9.89. The number of nitrogens with zero attached hydrogens (tertiary/aromatic N) is 1. The van der Waals surface area contributed by atoms with Crippen molar-refractivity contribution in [3.8, 4) is 17.2 Å². The van der Waals surface area contributed by atoms with Crippen LogP contribution in [0.15, 0.2) is 41.3 Å². The monoisotopic (exact) mass is 533 g/mol. The first kappa shape index (κ1) is 26.9. The SMILES string of the molecule is COc1cc(C(=O)NCC(=O)NCCN2C(=O)SC(=Cc3ccccc3Cl)C2=O)cc(OC)c1OC. The number of rotatable bonds is 10. The Morgan fingerprint density at radius 2 is 1.69 bits per heavy atom. The maximum Gasteiger partial charge on any atom is 0.293 e. The largest absolute Gasteiger partial charge is 0.493 e. The zero-order chi connectivity index (χ0) is 26.2. The van der Waals surface area contributed by atoms with Crippen LogP contribution in [0.4, 0.5) is 4.79 Å². The third-order valence-electron chi connectivity index (χ3n) is 5.06. The Balaban J connectivity index is 1.51. The number of imide groups is 1. The molecule has 10 nitrogen and oxygen atoms in total. The first-order chi connectivity index (χ1) is 17.3. The molecule has 1 aliphatic rings. The smallest absolute Gasteiger partial charge is 0.293 e. The zero-order valence-electron chi connectivity index (χ0n) is 19.8. The number of benzene rings is 2. The molecule has 1 saturated heterocycles. The number of halogens is 1. The van der Waals surface area contributed by atoms with Gasteiger partial charge in [-0.05, 0) is 41.6 Å². The summed E-state index contributed by atoms with van der Waals surface area (Å²) in [5, 5.41) is 5.10. The zero-order valence-corrected chi connectivity index (χ0v) is 21.3. The van der Waals surface area contributed by atoms with E-state index in [0.717, 1.165) is 16.7 Å². The van der Waals surface area contributed by atoms with Crippen molar-refractivity contribution in [2.24, 2.45) is 0 Å². The van der Waals surface area contributed by atoms with Crippen molar-refractivity contribution < 1.29 is 33.4 Å². The maximum absolute atomic E-state index is 12.6. The van der Waals surface area contributed by atoms with Gasteiger partial charge in [0.1, 0.15) is 0 Å². The molecular formula is C24H24ClN3O7S. The summed E-state index contributed by atoms with van der Waals surface area (Å²) < 4.78 is 15.7. The van der Waals surface area contributed by atoms with Crippen LogP contribution in [0.25, 0.3) is 6.08 Å². The van der Waals surface area contributed by atoms with E-state index in [1.54, 1.807) is 30.3 Å². The number of amides is 4. The van der Waals surface area contributed by atoms with Gasteiger partial charge in [-0.2, -0.15) is 0 Å². The van der Waals surface area contributed by atoms with E-state index in [2.05, 4.69) is 10.6 Å². The molecule has 0 unspecified atom stereocenters. The summed E-state index contributed by atoms with van der Waals surface area (Å²) in [4.78, 5) is 50.9. The molecule has 0 aromatic heterocycles. The second kappa shape index (κ2) is 12.3. The van der Waals surface area contributed by atoms with E-state index in [0.29, 0.717) is 27.8 Å². The van der Waals surface area contributed by atoms with Crippen LogP contribution in [-0.4, -0.2) is 68.8 Å². The highest BCUT2D eigenvalue weighted by atomic mass is 35.5. The molecule has 4 amide bonds. The van der Waals surface area contributed by atoms with Crippen LogP contribution in [0.3, 0.4) is 0 Å². The van der Waals surface area contributed by atoms with Gasteiger partial charge in [0.05, 0.1) is 32.8 Å². The summed E-state index contributed by atoms with van der Waals surface area (Å²) in [6.45, 7) is -0.308. The number of methoxy groups -OCH3 is 3. The van der Waals surface area contributed by atoms with Gasteiger partial charge >= 0.3 is 0 Å². The Bertz CT molecular complexity index is 1190. The molecule has 2 N–H and O–H groups in total. The molecule has 1 fully saturated rings. The van der Waals surface area contributed by atoms with Crippen LogP contribution >= 0.6 is 23.4 Å². The standard InChI is InChI=1S/C24H24ClN3O7S/c1-33-17-10-15(11-18(34-2)21(17)35-3)22(30)27-13-20(29)26-8-9-28-23(31)19(36-24(28)32)12-14-6-4-5-7-16(14)25/h4-7,10-12H,8-9,13H2,1-3H3,(H,26,29)(H,27,30). The van der Waals surface area contributed by atoms with E-state index in [1.165, 1.54) is 33.5 Å². The molecular weight excluding hydrogens is 510 g/mol. The lowest BCUT2D eigenvalue weighted by molar-refractivity contribution is -0.124. The first-order valence-electron chi connectivity index (χ1n) is 10.6. The van der Waals surface area contributed by atoms with Crippen LogP contribution in [0.2, 0.25) is 5.02 Å². The van der Waals surface area contributed by atoms with Gasteiger partial charge in [0.2, 0.25) is 11.7 Å². The molecule has 0 bridgehead atoms. The van der Waals surface area contributed by atoms with Gasteiger partial charge in [-0.3, -0.25) is 24.1 Å².